The molecule has 1 heterocycles. The molecule has 0 atom stereocenters. The summed E-state index contributed by atoms with van der Waals surface area (Å²) in [5.74, 6) is 0.167. The van der Waals surface area contributed by atoms with Crippen molar-refractivity contribution in [2.24, 2.45) is 0 Å². The van der Waals surface area contributed by atoms with Gasteiger partial charge in [0.15, 0.2) is 0 Å². The van der Waals surface area contributed by atoms with Crippen molar-refractivity contribution in [3.05, 3.63) is 74.6 Å². The number of ether oxygens (including phenoxy) is 1. The van der Waals surface area contributed by atoms with Crippen LogP contribution in [0.4, 0.5) is 10.7 Å². The summed E-state index contributed by atoms with van der Waals surface area (Å²) in [6.45, 7) is 2.42. The second-order valence-electron chi connectivity index (χ2n) is 7.59. The molecule has 0 unspecified atom stereocenters. The van der Waals surface area contributed by atoms with Crippen LogP contribution in [0.1, 0.15) is 57.3 Å². The SMILES string of the molecule is CCOc1ccccc1NC(=O)c1c(NC(=O)c2ccccc2Br)sc2c1CCCCC2. The Labute approximate surface area is 200 Å². The standard InChI is InChI=1S/C25H25BrN2O3S/c1-2-31-20-14-9-8-13-19(20)27-24(30)22-17-11-4-3-5-15-21(17)32-25(22)28-23(29)16-10-6-7-12-18(16)26/h6-10,12-14H,2-5,11,15H2,1H3,(H,27,30)(H,28,29). The lowest BCUT2D eigenvalue weighted by molar-refractivity contribution is 0.102. The van der Waals surface area contributed by atoms with Crippen molar-refractivity contribution >= 4 is 49.8 Å². The van der Waals surface area contributed by atoms with Gasteiger partial charge in [-0.2, -0.15) is 0 Å². The number of hydrogen-bond acceptors (Lipinski definition) is 4. The lowest BCUT2D eigenvalue weighted by Crippen LogP contribution is -2.18. The maximum absolute atomic E-state index is 13.5. The molecule has 4 rings (SSSR count). The highest BCUT2D eigenvalue weighted by molar-refractivity contribution is 9.10. The zero-order valence-corrected chi connectivity index (χ0v) is 20.3. The number of para-hydroxylation sites is 2. The number of fused-ring (bicyclic) bond motifs is 1. The van der Waals surface area contributed by atoms with Crippen LogP contribution in [-0.4, -0.2) is 18.4 Å². The number of aryl methyl sites for hydroxylation is 1. The quantitative estimate of drug-likeness (QED) is 0.361. The topological polar surface area (TPSA) is 67.4 Å². The highest BCUT2D eigenvalue weighted by Gasteiger charge is 2.27. The number of anilines is 2. The van der Waals surface area contributed by atoms with Gasteiger partial charge in [0.25, 0.3) is 11.8 Å². The minimum atomic E-state index is -0.238. The van der Waals surface area contributed by atoms with Crippen LogP contribution in [0, 0.1) is 0 Å². The van der Waals surface area contributed by atoms with Gasteiger partial charge in [0.05, 0.1) is 23.4 Å². The number of hydrogen-bond donors (Lipinski definition) is 2. The summed E-state index contributed by atoms with van der Waals surface area (Å²) in [4.78, 5) is 27.7. The number of thiophene rings is 1. The summed E-state index contributed by atoms with van der Waals surface area (Å²) in [6, 6.07) is 14.7. The highest BCUT2D eigenvalue weighted by Crippen LogP contribution is 2.39. The van der Waals surface area contributed by atoms with Crippen LogP contribution in [0.15, 0.2) is 53.0 Å². The Morgan fingerprint density at radius 3 is 2.53 bits per heavy atom. The Balaban J connectivity index is 1.69. The fourth-order valence-electron chi connectivity index (χ4n) is 3.92. The molecule has 0 spiro atoms. The van der Waals surface area contributed by atoms with Gasteiger partial charge in [0, 0.05) is 9.35 Å². The summed E-state index contributed by atoms with van der Waals surface area (Å²) in [5.41, 5.74) is 2.78. The number of carbonyl (C=O) groups is 2. The van der Waals surface area contributed by atoms with Crippen LogP contribution in [0.25, 0.3) is 0 Å². The van der Waals surface area contributed by atoms with E-state index in [9.17, 15) is 9.59 Å². The average molecular weight is 513 g/mol. The number of halogens is 1. The molecule has 3 aromatic rings. The molecule has 7 heteroatoms. The zero-order valence-electron chi connectivity index (χ0n) is 17.9. The van der Waals surface area contributed by atoms with E-state index in [-0.39, 0.29) is 11.8 Å². The van der Waals surface area contributed by atoms with Gasteiger partial charge in [-0.05, 0) is 78.4 Å². The fraction of sp³-hybridized carbons (Fsp3) is 0.280. The van der Waals surface area contributed by atoms with Gasteiger partial charge < -0.3 is 15.4 Å². The smallest absolute Gasteiger partial charge is 0.259 e. The maximum Gasteiger partial charge on any atom is 0.259 e. The molecule has 0 fully saturated rings. The number of amides is 2. The maximum atomic E-state index is 13.5. The number of rotatable bonds is 6. The summed E-state index contributed by atoms with van der Waals surface area (Å²) in [5, 5.41) is 6.63. The molecule has 32 heavy (non-hydrogen) atoms. The molecule has 1 aliphatic rings. The Bertz CT molecular complexity index is 1140. The van der Waals surface area contributed by atoms with Gasteiger partial charge in [0.2, 0.25) is 0 Å². The average Bonchev–Trinajstić information content (AvgIpc) is 2.95. The molecule has 2 aromatic carbocycles. The second-order valence-corrected chi connectivity index (χ2v) is 9.55. The van der Waals surface area contributed by atoms with E-state index in [0.717, 1.165) is 37.7 Å². The molecule has 166 valence electrons. The van der Waals surface area contributed by atoms with E-state index >= 15 is 0 Å². The number of carbonyl (C=O) groups excluding carboxylic acids is 2. The summed E-state index contributed by atoms with van der Waals surface area (Å²) < 4.78 is 6.38. The van der Waals surface area contributed by atoms with E-state index in [2.05, 4.69) is 26.6 Å². The molecule has 1 aromatic heterocycles. The third-order valence-corrected chi connectivity index (χ3v) is 7.33. The lowest BCUT2D eigenvalue weighted by Gasteiger charge is -2.13. The Hall–Kier alpha value is -2.64. The van der Waals surface area contributed by atoms with Crippen LogP contribution in [0.3, 0.4) is 0 Å². The highest BCUT2D eigenvalue weighted by atomic mass is 79.9. The second kappa shape index (κ2) is 10.3. The molecule has 0 saturated heterocycles. The molecule has 1 aliphatic carbocycles. The first-order chi connectivity index (χ1) is 15.6. The van der Waals surface area contributed by atoms with Gasteiger partial charge in [-0.25, -0.2) is 0 Å². The molecule has 2 N–H and O–H groups in total. The summed E-state index contributed by atoms with van der Waals surface area (Å²) >= 11 is 4.96. The molecule has 0 radical (unpaired) electrons. The van der Waals surface area contributed by atoms with Crippen LogP contribution in [-0.2, 0) is 12.8 Å². The van der Waals surface area contributed by atoms with Crippen molar-refractivity contribution in [3.8, 4) is 5.75 Å². The van der Waals surface area contributed by atoms with Crippen molar-refractivity contribution < 1.29 is 14.3 Å². The van der Waals surface area contributed by atoms with E-state index in [1.807, 2.05) is 49.4 Å². The van der Waals surface area contributed by atoms with Gasteiger partial charge in [-0.15, -0.1) is 11.3 Å². The van der Waals surface area contributed by atoms with Crippen molar-refractivity contribution in [1.82, 2.24) is 0 Å². The lowest BCUT2D eigenvalue weighted by atomic mass is 10.0. The minimum Gasteiger partial charge on any atom is -0.492 e. The first kappa shape index (κ1) is 22.6. The fourth-order valence-corrected chi connectivity index (χ4v) is 5.67. The van der Waals surface area contributed by atoms with Gasteiger partial charge in [-0.3, -0.25) is 9.59 Å². The van der Waals surface area contributed by atoms with Crippen LogP contribution in [0.5, 0.6) is 5.75 Å². The molecular formula is C25H25BrN2O3S. The van der Waals surface area contributed by atoms with E-state index < -0.39 is 0 Å². The van der Waals surface area contributed by atoms with Gasteiger partial charge in [-0.1, -0.05) is 30.7 Å². The van der Waals surface area contributed by atoms with Gasteiger partial charge in [0.1, 0.15) is 10.8 Å². The van der Waals surface area contributed by atoms with E-state index in [0.29, 0.717) is 38.6 Å². The Morgan fingerprint density at radius 2 is 1.72 bits per heavy atom. The van der Waals surface area contributed by atoms with Crippen molar-refractivity contribution in [1.29, 1.82) is 0 Å². The molecule has 5 nitrogen and oxygen atoms in total. The normalized spacial score (nSPS) is 13.1. The molecular weight excluding hydrogens is 488 g/mol. The van der Waals surface area contributed by atoms with E-state index in [4.69, 9.17) is 4.74 Å². The predicted molar refractivity (Wildman–Crippen MR) is 133 cm³/mol. The Kier molecular flexibility index (Phi) is 7.27. The van der Waals surface area contributed by atoms with Crippen molar-refractivity contribution in [2.45, 2.75) is 39.0 Å². The zero-order chi connectivity index (χ0) is 22.5. The van der Waals surface area contributed by atoms with Crippen molar-refractivity contribution in [2.75, 3.05) is 17.2 Å². The van der Waals surface area contributed by atoms with E-state index in [1.54, 1.807) is 6.07 Å². The third kappa shape index (κ3) is 4.89. The number of benzene rings is 2. The largest absolute Gasteiger partial charge is 0.492 e. The first-order valence-corrected chi connectivity index (χ1v) is 12.4. The summed E-state index contributed by atoms with van der Waals surface area (Å²) in [6.07, 6.45) is 5.05. The molecule has 0 saturated carbocycles. The monoisotopic (exact) mass is 512 g/mol. The van der Waals surface area contributed by atoms with Crippen LogP contribution in [0.2, 0.25) is 0 Å². The first-order valence-electron chi connectivity index (χ1n) is 10.8. The predicted octanol–water partition coefficient (Wildman–Crippen LogP) is 6.68. The number of nitrogens with one attached hydrogen (secondary N) is 2. The van der Waals surface area contributed by atoms with Gasteiger partial charge >= 0.3 is 0 Å². The van der Waals surface area contributed by atoms with Crippen LogP contribution < -0.4 is 15.4 Å². The summed E-state index contributed by atoms with van der Waals surface area (Å²) in [7, 11) is 0. The van der Waals surface area contributed by atoms with Crippen molar-refractivity contribution in [3.63, 3.8) is 0 Å². The molecule has 0 aliphatic heterocycles. The molecule has 2 amide bonds. The van der Waals surface area contributed by atoms with E-state index in [1.165, 1.54) is 16.2 Å². The van der Waals surface area contributed by atoms with Crippen LogP contribution >= 0.6 is 27.3 Å². The minimum absolute atomic E-state index is 0.223. The Morgan fingerprint density at radius 1 is 0.969 bits per heavy atom. The third-order valence-electron chi connectivity index (χ3n) is 5.43. The molecule has 0 bridgehead atoms.